The van der Waals surface area contributed by atoms with Crippen LogP contribution in [0.15, 0.2) is 26.6 Å². The fourth-order valence-electron chi connectivity index (χ4n) is 2.14. The van der Waals surface area contributed by atoms with E-state index in [0.717, 1.165) is 15.6 Å². The second-order valence-electron chi connectivity index (χ2n) is 4.96. The summed E-state index contributed by atoms with van der Waals surface area (Å²) >= 11 is 1.04. The predicted molar refractivity (Wildman–Crippen MR) is 83.4 cm³/mol. The van der Waals surface area contributed by atoms with Crippen molar-refractivity contribution in [1.29, 1.82) is 0 Å². The Morgan fingerprint density at radius 3 is 2.74 bits per heavy atom. The van der Waals surface area contributed by atoms with Crippen LogP contribution in [-0.2, 0) is 14.8 Å². The number of rotatable bonds is 2. The second kappa shape index (κ2) is 5.10. The maximum absolute atomic E-state index is 12.5. The van der Waals surface area contributed by atoms with Gasteiger partial charge in [0, 0.05) is 12.6 Å². The van der Waals surface area contributed by atoms with E-state index in [1.807, 2.05) is 0 Å². The maximum atomic E-state index is 12.5. The molecule has 3 rings (SSSR count). The summed E-state index contributed by atoms with van der Waals surface area (Å²) in [5.41, 5.74) is 0.855. The second-order valence-corrected chi connectivity index (χ2v) is 7.81. The maximum Gasteiger partial charge on any atom is 0.279 e. The number of aromatic nitrogens is 1. The molecule has 3 heterocycles. The summed E-state index contributed by atoms with van der Waals surface area (Å²) in [6.07, 6.45) is 0. The van der Waals surface area contributed by atoms with E-state index in [1.54, 1.807) is 13.8 Å². The number of nitrogens with zero attached hydrogens (tertiary/aromatic N) is 2. The number of aliphatic hydroxyl groups is 1. The average molecular weight is 355 g/mol. The van der Waals surface area contributed by atoms with Crippen molar-refractivity contribution >= 4 is 38.9 Å². The first-order valence-corrected chi connectivity index (χ1v) is 8.81. The lowest BCUT2D eigenvalue weighted by Gasteiger charge is -2.26. The highest BCUT2D eigenvalue weighted by molar-refractivity contribution is 7.89. The van der Waals surface area contributed by atoms with Crippen molar-refractivity contribution in [3.63, 3.8) is 0 Å². The fourth-order valence-corrected chi connectivity index (χ4v) is 4.70. The first kappa shape index (κ1) is 15.6. The molecule has 10 heteroatoms. The quantitative estimate of drug-likeness (QED) is 0.850. The summed E-state index contributed by atoms with van der Waals surface area (Å²) < 4.78 is 30.6. The number of aryl methyl sites for hydroxylation is 1. The number of anilines is 1. The number of sulfonamides is 1. The molecule has 2 aromatic heterocycles. The van der Waals surface area contributed by atoms with E-state index >= 15 is 0 Å². The predicted octanol–water partition coefficient (Wildman–Crippen LogP) is 1.85. The van der Waals surface area contributed by atoms with Gasteiger partial charge >= 0.3 is 0 Å². The summed E-state index contributed by atoms with van der Waals surface area (Å²) in [5.74, 6) is -1.08. The van der Waals surface area contributed by atoms with E-state index in [9.17, 15) is 18.3 Å². The van der Waals surface area contributed by atoms with Crippen molar-refractivity contribution in [3.05, 3.63) is 33.3 Å². The highest BCUT2D eigenvalue weighted by atomic mass is 32.2. The number of likely N-dealkylation sites (N-methyl/N-ethyl adjacent to an activating group) is 1. The minimum Gasteiger partial charge on any atom is -0.504 e. The van der Waals surface area contributed by atoms with Crippen LogP contribution in [-0.4, -0.2) is 35.9 Å². The Balaban J connectivity index is 2.06. The monoisotopic (exact) mass is 355 g/mol. The number of nitrogens with one attached hydrogen (secondary N) is 1. The van der Waals surface area contributed by atoms with Crippen molar-refractivity contribution in [2.45, 2.75) is 18.7 Å². The Morgan fingerprint density at radius 1 is 1.43 bits per heavy atom. The van der Waals surface area contributed by atoms with E-state index in [0.29, 0.717) is 11.3 Å². The third-order valence-corrected chi connectivity index (χ3v) is 6.47. The lowest BCUT2D eigenvalue weighted by Crippen LogP contribution is -2.36. The molecule has 0 atom stereocenters. The molecule has 0 bridgehead atoms. The Kier molecular flexibility index (Phi) is 3.45. The molecule has 2 aromatic rings. The van der Waals surface area contributed by atoms with Crippen LogP contribution in [0.1, 0.15) is 16.1 Å². The molecule has 0 fully saturated rings. The highest BCUT2D eigenvalue weighted by Gasteiger charge is 2.39. The molecule has 2 N–H and O–H groups in total. The summed E-state index contributed by atoms with van der Waals surface area (Å²) in [7, 11) is -2.68. The van der Waals surface area contributed by atoms with Crippen molar-refractivity contribution in [2.24, 2.45) is 0 Å². The third-order valence-electron chi connectivity index (χ3n) is 3.62. The Labute approximate surface area is 136 Å². The smallest absolute Gasteiger partial charge is 0.279 e. The van der Waals surface area contributed by atoms with Gasteiger partial charge in [-0.05, 0) is 25.3 Å². The van der Waals surface area contributed by atoms with Gasteiger partial charge in [-0.25, -0.2) is 8.42 Å². The number of carbonyl (C=O) groups excluding carboxylic acids is 1. The Bertz CT molecular complexity index is 939. The van der Waals surface area contributed by atoms with Gasteiger partial charge in [0.25, 0.3) is 15.9 Å². The van der Waals surface area contributed by atoms with Gasteiger partial charge < -0.3 is 9.63 Å². The van der Waals surface area contributed by atoms with Gasteiger partial charge in [-0.2, -0.15) is 0 Å². The number of amides is 1. The molecule has 0 radical (unpaired) electrons. The zero-order valence-electron chi connectivity index (χ0n) is 12.4. The first-order valence-electron chi connectivity index (χ1n) is 6.49. The van der Waals surface area contributed by atoms with Crippen LogP contribution in [0.4, 0.5) is 5.88 Å². The lowest BCUT2D eigenvalue weighted by molar-refractivity contribution is -0.113. The number of aliphatic hydroxyl groups excluding tert-OH is 1. The van der Waals surface area contributed by atoms with Crippen LogP contribution in [0, 0.1) is 13.8 Å². The zero-order valence-corrected chi connectivity index (χ0v) is 14.1. The molecule has 0 aromatic carbocycles. The van der Waals surface area contributed by atoms with Gasteiger partial charge in [0.05, 0.1) is 10.6 Å². The normalized spacial score (nSPS) is 16.4. The van der Waals surface area contributed by atoms with E-state index in [4.69, 9.17) is 4.52 Å². The highest BCUT2D eigenvalue weighted by Crippen LogP contribution is 2.38. The number of fused-ring (bicyclic) bond motifs is 1. The summed E-state index contributed by atoms with van der Waals surface area (Å²) in [6, 6.07) is 1.39. The SMILES string of the molecule is Cc1noc(NC(=O)C2=C(O)c3sccc3S(=O)(=O)N2C)c1C. The van der Waals surface area contributed by atoms with Gasteiger partial charge in [-0.15, -0.1) is 11.3 Å². The average Bonchev–Trinajstić information content (AvgIpc) is 3.09. The lowest BCUT2D eigenvalue weighted by atomic mass is 10.2. The molecular formula is C13H13N3O5S2. The standard InChI is InChI=1S/C13H13N3O5S2/c1-6-7(2)15-21-13(6)14-12(18)9-10(17)11-8(4-5-22-11)23(19,20)16(9)3/h4-5,17H,1-3H3,(H,14,18). The van der Waals surface area contributed by atoms with E-state index < -0.39 is 21.7 Å². The molecule has 8 nitrogen and oxygen atoms in total. The van der Waals surface area contributed by atoms with Gasteiger partial charge in [0.1, 0.15) is 4.90 Å². The zero-order chi connectivity index (χ0) is 16.9. The van der Waals surface area contributed by atoms with Crippen LogP contribution >= 0.6 is 11.3 Å². The molecule has 0 aliphatic carbocycles. The van der Waals surface area contributed by atoms with Crippen LogP contribution in [0.2, 0.25) is 0 Å². The first-order chi connectivity index (χ1) is 10.7. The number of hydrogen-bond donors (Lipinski definition) is 2. The molecule has 23 heavy (non-hydrogen) atoms. The van der Waals surface area contributed by atoms with E-state index in [-0.39, 0.29) is 21.4 Å². The van der Waals surface area contributed by atoms with E-state index in [1.165, 1.54) is 18.5 Å². The Morgan fingerprint density at radius 2 is 2.13 bits per heavy atom. The summed E-state index contributed by atoms with van der Waals surface area (Å²) in [4.78, 5) is 12.6. The topological polar surface area (TPSA) is 113 Å². The molecule has 0 spiro atoms. The van der Waals surface area contributed by atoms with Crippen LogP contribution in [0.25, 0.3) is 5.76 Å². The van der Waals surface area contributed by atoms with Crippen LogP contribution < -0.4 is 5.32 Å². The minimum absolute atomic E-state index is 0.0225. The fraction of sp³-hybridized carbons (Fsp3) is 0.231. The number of hydrogen-bond acceptors (Lipinski definition) is 7. The van der Waals surface area contributed by atoms with Gasteiger partial charge in [-0.1, -0.05) is 5.16 Å². The van der Waals surface area contributed by atoms with Crippen LogP contribution in [0.3, 0.4) is 0 Å². The van der Waals surface area contributed by atoms with E-state index in [2.05, 4.69) is 10.5 Å². The summed E-state index contributed by atoms with van der Waals surface area (Å²) in [6.45, 7) is 3.41. The largest absolute Gasteiger partial charge is 0.504 e. The molecule has 1 aliphatic rings. The van der Waals surface area contributed by atoms with Crippen molar-refractivity contribution < 1.29 is 22.8 Å². The van der Waals surface area contributed by atoms with Gasteiger partial charge in [0.2, 0.25) is 5.88 Å². The summed E-state index contributed by atoms with van der Waals surface area (Å²) in [5, 5.41) is 18.0. The van der Waals surface area contributed by atoms with Crippen molar-refractivity contribution in [1.82, 2.24) is 9.46 Å². The molecule has 0 unspecified atom stereocenters. The minimum atomic E-state index is -3.88. The number of thiophene rings is 1. The molecule has 0 saturated carbocycles. The molecular weight excluding hydrogens is 342 g/mol. The van der Waals surface area contributed by atoms with Crippen LogP contribution in [0.5, 0.6) is 0 Å². The van der Waals surface area contributed by atoms with Crippen molar-refractivity contribution in [2.75, 3.05) is 12.4 Å². The third kappa shape index (κ3) is 2.21. The number of carbonyl (C=O) groups is 1. The molecule has 1 aliphatic heterocycles. The van der Waals surface area contributed by atoms with Gasteiger partial charge in [0.15, 0.2) is 11.5 Å². The molecule has 1 amide bonds. The molecule has 0 saturated heterocycles. The van der Waals surface area contributed by atoms with Crippen molar-refractivity contribution in [3.8, 4) is 0 Å². The van der Waals surface area contributed by atoms with Gasteiger partial charge in [-0.3, -0.25) is 14.4 Å². The Hall–Kier alpha value is -2.33. The molecule has 122 valence electrons.